The van der Waals surface area contributed by atoms with Gasteiger partial charge in [0.15, 0.2) is 5.82 Å². The number of ether oxygens (including phenoxy) is 1. The van der Waals surface area contributed by atoms with Gasteiger partial charge in [-0.2, -0.15) is 0 Å². The molecule has 5 heteroatoms. The highest BCUT2D eigenvalue weighted by Crippen LogP contribution is 2.13. The van der Waals surface area contributed by atoms with Crippen LogP contribution in [0.15, 0.2) is 36.7 Å². The molecule has 0 saturated heterocycles. The fraction of sp³-hybridized carbons (Fsp3) is 0.429. The van der Waals surface area contributed by atoms with Crippen LogP contribution in [0.4, 0.5) is 0 Å². The molecule has 4 nitrogen and oxygen atoms in total. The summed E-state index contributed by atoms with van der Waals surface area (Å²) in [5, 5.41) is 4.41. The Hall–Kier alpha value is -1.46. The van der Waals surface area contributed by atoms with Crippen molar-refractivity contribution in [1.82, 2.24) is 14.8 Å². The van der Waals surface area contributed by atoms with Gasteiger partial charge in [0, 0.05) is 20.2 Å². The summed E-state index contributed by atoms with van der Waals surface area (Å²) in [5.74, 6) is 0.745. The van der Waals surface area contributed by atoms with Gasteiger partial charge in [0.25, 0.3) is 0 Å². The topological polar surface area (TPSA) is 39.9 Å². The molecule has 1 aromatic heterocycles. The van der Waals surface area contributed by atoms with Crippen LogP contribution in [0.3, 0.4) is 0 Å². The fourth-order valence-electron chi connectivity index (χ4n) is 1.61. The Morgan fingerprint density at radius 2 is 1.89 bits per heavy atom. The monoisotopic (exact) mass is 275 g/mol. The van der Waals surface area contributed by atoms with E-state index in [0.29, 0.717) is 6.73 Å². The third-order valence-electron chi connectivity index (χ3n) is 2.79. The van der Waals surface area contributed by atoms with Crippen molar-refractivity contribution in [3.05, 3.63) is 36.7 Å². The molecule has 0 atom stereocenters. The van der Waals surface area contributed by atoms with Crippen molar-refractivity contribution in [3.8, 4) is 11.4 Å². The number of rotatable bonds is 6. The highest BCUT2D eigenvalue weighted by atomic mass is 28.3. The van der Waals surface area contributed by atoms with Crippen LogP contribution in [-0.4, -0.2) is 29.4 Å². The maximum absolute atomic E-state index is 5.64. The normalized spacial score (nSPS) is 11.7. The molecule has 0 bridgehead atoms. The van der Waals surface area contributed by atoms with Gasteiger partial charge in [0.05, 0.1) is 0 Å². The standard InChI is InChI=1S/C14H21N3OSi/c1-19(2,3)10-9-18-12-17-11-15-14(16-17)13-7-5-4-6-8-13/h4-8,11H,9-10,12H2,1-3H3. The lowest BCUT2D eigenvalue weighted by Crippen LogP contribution is -2.22. The minimum atomic E-state index is -1.01. The molecule has 0 radical (unpaired) electrons. The first kappa shape index (κ1) is 14.0. The molecule has 0 fully saturated rings. The zero-order valence-corrected chi connectivity index (χ0v) is 12.8. The lowest BCUT2D eigenvalue weighted by molar-refractivity contribution is 0.0785. The predicted molar refractivity (Wildman–Crippen MR) is 79.6 cm³/mol. The van der Waals surface area contributed by atoms with Crippen LogP contribution >= 0.6 is 0 Å². The number of aromatic nitrogens is 3. The molecule has 1 heterocycles. The largest absolute Gasteiger partial charge is 0.359 e. The van der Waals surface area contributed by atoms with E-state index in [0.717, 1.165) is 18.0 Å². The zero-order chi connectivity index (χ0) is 13.7. The van der Waals surface area contributed by atoms with Crippen LogP contribution in [0.1, 0.15) is 0 Å². The molecule has 0 aliphatic rings. The molecular weight excluding hydrogens is 254 g/mol. The molecule has 0 aliphatic heterocycles. The van der Waals surface area contributed by atoms with Crippen LogP contribution in [0.2, 0.25) is 25.7 Å². The molecule has 0 saturated carbocycles. The van der Waals surface area contributed by atoms with Gasteiger partial charge in [0.1, 0.15) is 13.1 Å². The summed E-state index contributed by atoms with van der Waals surface area (Å²) >= 11 is 0. The van der Waals surface area contributed by atoms with Gasteiger partial charge in [-0.15, -0.1) is 5.10 Å². The smallest absolute Gasteiger partial charge is 0.181 e. The Morgan fingerprint density at radius 3 is 2.58 bits per heavy atom. The molecule has 0 spiro atoms. The molecule has 0 aliphatic carbocycles. The van der Waals surface area contributed by atoms with Gasteiger partial charge in [-0.25, -0.2) is 9.67 Å². The predicted octanol–water partition coefficient (Wildman–Crippen LogP) is 3.26. The van der Waals surface area contributed by atoms with E-state index < -0.39 is 8.07 Å². The Bertz CT molecular complexity index is 505. The summed E-state index contributed by atoms with van der Waals surface area (Å²) in [6.07, 6.45) is 1.72. The third-order valence-corrected chi connectivity index (χ3v) is 4.49. The summed E-state index contributed by atoms with van der Waals surface area (Å²) in [4.78, 5) is 4.29. The second-order valence-electron chi connectivity index (χ2n) is 5.82. The van der Waals surface area contributed by atoms with Gasteiger partial charge >= 0.3 is 0 Å². The van der Waals surface area contributed by atoms with Gasteiger partial charge in [-0.05, 0) is 6.04 Å². The quantitative estimate of drug-likeness (QED) is 0.600. The molecule has 19 heavy (non-hydrogen) atoms. The maximum Gasteiger partial charge on any atom is 0.181 e. The zero-order valence-electron chi connectivity index (χ0n) is 11.8. The van der Waals surface area contributed by atoms with Crippen molar-refractivity contribution in [2.75, 3.05) is 6.61 Å². The lowest BCUT2D eigenvalue weighted by Gasteiger charge is -2.15. The fourth-order valence-corrected chi connectivity index (χ4v) is 2.37. The molecule has 102 valence electrons. The minimum absolute atomic E-state index is 0.477. The van der Waals surface area contributed by atoms with E-state index in [1.54, 1.807) is 11.0 Å². The first-order valence-electron chi connectivity index (χ1n) is 6.57. The van der Waals surface area contributed by atoms with Gasteiger partial charge < -0.3 is 4.74 Å². The number of benzene rings is 1. The van der Waals surface area contributed by atoms with Crippen molar-refractivity contribution >= 4 is 8.07 Å². The Balaban J connectivity index is 1.85. The van der Waals surface area contributed by atoms with Crippen LogP contribution in [-0.2, 0) is 11.5 Å². The van der Waals surface area contributed by atoms with Crippen molar-refractivity contribution < 1.29 is 4.74 Å². The van der Waals surface area contributed by atoms with E-state index in [1.165, 1.54) is 6.04 Å². The van der Waals surface area contributed by atoms with Crippen molar-refractivity contribution in [2.45, 2.75) is 32.4 Å². The second-order valence-corrected chi connectivity index (χ2v) is 11.4. The average molecular weight is 275 g/mol. The highest BCUT2D eigenvalue weighted by molar-refractivity contribution is 6.76. The summed E-state index contributed by atoms with van der Waals surface area (Å²) in [6.45, 7) is 8.32. The van der Waals surface area contributed by atoms with Gasteiger partial charge in [0.2, 0.25) is 0 Å². The molecule has 2 rings (SSSR count). The van der Waals surface area contributed by atoms with Gasteiger partial charge in [-0.1, -0.05) is 50.0 Å². The van der Waals surface area contributed by atoms with E-state index in [1.807, 2.05) is 30.3 Å². The van der Waals surface area contributed by atoms with Crippen molar-refractivity contribution in [2.24, 2.45) is 0 Å². The first-order valence-corrected chi connectivity index (χ1v) is 10.3. The van der Waals surface area contributed by atoms with Crippen LogP contribution in [0.5, 0.6) is 0 Å². The molecule has 0 unspecified atom stereocenters. The second kappa shape index (κ2) is 6.12. The van der Waals surface area contributed by atoms with Crippen molar-refractivity contribution in [1.29, 1.82) is 0 Å². The summed E-state index contributed by atoms with van der Waals surface area (Å²) in [6, 6.07) is 11.1. The Morgan fingerprint density at radius 1 is 1.16 bits per heavy atom. The van der Waals surface area contributed by atoms with E-state index in [9.17, 15) is 0 Å². The SMILES string of the molecule is C[Si](C)(C)CCOCn1cnc(-c2ccccc2)n1. The summed E-state index contributed by atoms with van der Waals surface area (Å²) in [5.41, 5.74) is 1.03. The Kier molecular flexibility index (Phi) is 4.50. The highest BCUT2D eigenvalue weighted by Gasteiger charge is 2.12. The van der Waals surface area contributed by atoms with E-state index >= 15 is 0 Å². The number of nitrogens with zero attached hydrogens (tertiary/aromatic N) is 3. The number of hydrogen-bond acceptors (Lipinski definition) is 3. The van der Waals surface area contributed by atoms with Crippen LogP contribution in [0.25, 0.3) is 11.4 Å². The minimum Gasteiger partial charge on any atom is -0.359 e. The number of hydrogen-bond donors (Lipinski definition) is 0. The molecule has 2 aromatic rings. The van der Waals surface area contributed by atoms with E-state index in [2.05, 4.69) is 29.7 Å². The first-order chi connectivity index (χ1) is 9.04. The van der Waals surface area contributed by atoms with E-state index in [-0.39, 0.29) is 0 Å². The molecule has 0 amide bonds. The van der Waals surface area contributed by atoms with E-state index in [4.69, 9.17) is 4.74 Å². The summed E-state index contributed by atoms with van der Waals surface area (Å²) < 4.78 is 7.38. The third kappa shape index (κ3) is 4.61. The average Bonchev–Trinajstić information content (AvgIpc) is 2.83. The van der Waals surface area contributed by atoms with Gasteiger partial charge in [-0.3, -0.25) is 0 Å². The summed E-state index contributed by atoms with van der Waals surface area (Å²) in [7, 11) is -1.01. The molecular formula is C14H21N3OSi. The van der Waals surface area contributed by atoms with Crippen LogP contribution in [0, 0.1) is 0 Å². The maximum atomic E-state index is 5.64. The molecule has 1 aromatic carbocycles. The Labute approximate surface area is 115 Å². The molecule has 0 N–H and O–H groups in total. The van der Waals surface area contributed by atoms with Crippen LogP contribution < -0.4 is 0 Å². The lowest BCUT2D eigenvalue weighted by atomic mass is 10.2. The van der Waals surface area contributed by atoms with Crippen molar-refractivity contribution in [3.63, 3.8) is 0 Å².